The van der Waals surface area contributed by atoms with E-state index in [4.69, 9.17) is 47.4 Å². The zero-order chi connectivity index (χ0) is 44.3. The highest BCUT2D eigenvalue weighted by atomic mass is 16.8. The predicted octanol–water partition coefficient (Wildman–Crippen LogP) is 7.89. The second kappa shape index (κ2) is 22.4. The molecule has 0 saturated carbocycles. The molecule has 10 atom stereocenters. The molecule has 63 heavy (non-hydrogen) atoms. The molecule has 3 N–H and O–H groups in total. The molecule has 2 aromatic rings. The third kappa shape index (κ3) is 11.1. The number of methoxy groups -OCH3 is 2. The molecule has 15 nitrogen and oxygen atoms in total. The highest BCUT2D eigenvalue weighted by Gasteiger charge is 2.57. The molecule has 3 fully saturated rings. The molecule has 1 unspecified atom stereocenters. The van der Waals surface area contributed by atoms with Crippen LogP contribution in [0.25, 0.3) is 0 Å². The van der Waals surface area contributed by atoms with Crippen molar-refractivity contribution >= 4 is 12.1 Å². The summed E-state index contributed by atoms with van der Waals surface area (Å²) in [4.78, 5) is 27.0. The Morgan fingerprint density at radius 1 is 0.841 bits per heavy atom. The Morgan fingerprint density at radius 2 is 1.51 bits per heavy atom. The van der Waals surface area contributed by atoms with Crippen LogP contribution in [0.3, 0.4) is 0 Å². The van der Waals surface area contributed by atoms with Crippen molar-refractivity contribution in [3.05, 3.63) is 65.3 Å². The minimum atomic E-state index is -1.48. The Balaban J connectivity index is 0.981. The van der Waals surface area contributed by atoms with Gasteiger partial charge in [0, 0.05) is 18.4 Å². The van der Waals surface area contributed by atoms with Crippen LogP contribution in [0.4, 0.5) is 4.79 Å². The lowest BCUT2D eigenvalue weighted by molar-refractivity contribution is -0.363. The standard InChI is InChI=1S/C48H65NO14/c1-5-6-7-8-9-10-11-12-13-14-15-16-17-18-19-20-21-49-48(53)63-45-42(51)47(61-38-27-56-29(2)60-44(38)45)62-43-32-25-35-34(58-28-59-35)24-31(32)39(40-33(43)26-57-46(40)52)30-22-36(54-3)41(50)37(23-30)55-4/h9-10,12-13,22-25,29,33,38-40,42-45,47,50-51H,5-8,11,14-21,26-28H2,1-4H3,(H,49,53)/b10-9-,13-12-/t29-,33+,38-,39-,40+,42-,43-,44?,45-,47+/m1/s1. The van der Waals surface area contributed by atoms with E-state index in [0.717, 1.165) is 38.5 Å². The largest absolute Gasteiger partial charge is 0.502 e. The molecule has 3 saturated heterocycles. The first-order chi connectivity index (χ1) is 30.7. The number of carbonyl (C=O) groups excluding carboxylic acids is 2. The van der Waals surface area contributed by atoms with E-state index >= 15 is 0 Å². The van der Waals surface area contributed by atoms with Crippen molar-refractivity contribution in [2.24, 2.45) is 11.8 Å². The van der Waals surface area contributed by atoms with Gasteiger partial charge >= 0.3 is 12.1 Å². The minimum Gasteiger partial charge on any atom is -0.502 e. The Labute approximate surface area is 370 Å². The Hall–Kier alpha value is -4.54. The first-order valence-corrected chi connectivity index (χ1v) is 22.8. The number of cyclic esters (lactones) is 1. The fraction of sp³-hybridized carbons (Fsp3) is 0.625. The van der Waals surface area contributed by atoms with Gasteiger partial charge in [0.15, 0.2) is 41.7 Å². The van der Waals surface area contributed by atoms with Gasteiger partial charge < -0.3 is 62.9 Å². The number of alkyl carbamates (subject to hydrolysis) is 1. The van der Waals surface area contributed by atoms with Crippen LogP contribution in [0, 0.1) is 11.8 Å². The molecule has 0 spiro atoms. The first kappa shape index (κ1) is 46.5. The maximum absolute atomic E-state index is 13.7. The molecule has 2 aromatic carbocycles. The number of allylic oxidation sites excluding steroid dienone is 4. The van der Waals surface area contributed by atoms with Crippen LogP contribution in [0.15, 0.2) is 48.6 Å². The van der Waals surface area contributed by atoms with Crippen LogP contribution >= 0.6 is 0 Å². The molecule has 0 bridgehead atoms. The van der Waals surface area contributed by atoms with Crippen LogP contribution < -0.4 is 24.3 Å². The summed E-state index contributed by atoms with van der Waals surface area (Å²) in [6, 6.07) is 6.97. The second-order valence-electron chi connectivity index (χ2n) is 16.9. The Morgan fingerprint density at radius 3 is 2.21 bits per heavy atom. The predicted molar refractivity (Wildman–Crippen MR) is 230 cm³/mol. The van der Waals surface area contributed by atoms with Gasteiger partial charge in [-0.1, -0.05) is 69.8 Å². The van der Waals surface area contributed by atoms with E-state index < -0.39 is 72.9 Å². The van der Waals surface area contributed by atoms with Crippen LogP contribution in [0.2, 0.25) is 0 Å². The van der Waals surface area contributed by atoms with E-state index in [0.29, 0.717) is 34.7 Å². The molecule has 4 aliphatic heterocycles. The third-order valence-electron chi connectivity index (χ3n) is 12.6. The SMILES string of the molecule is CCCCC/C=C\C/C=C\CCCCCCCCNC(=O)O[C@H]1C2O[C@H](C)OC[C@H]2O[C@@H](O[C@@H]2c3cc4c(cc3[C@@H](c3cc(OC)c(O)c(OC)c3)[C@H]3C(=O)OC[C@@H]32)OCO4)[C@@H]1O. The van der Waals surface area contributed by atoms with Crippen LogP contribution in [0.5, 0.6) is 28.7 Å². The molecular formula is C48H65NO14. The number of nitrogens with one attached hydrogen (secondary N) is 1. The van der Waals surface area contributed by atoms with Gasteiger partial charge in [0.2, 0.25) is 12.5 Å². The first-order valence-electron chi connectivity index (χ1n) is 22.8. The molecule has 346 valence electrons. The van der Waals surface area contributed by atoms with E-state index in [2.05, 4.69) is 36.5 Å². The summed E-state index contributed by atoms with van der Waals surface area (Å²) in [6.45, 7) is 4.50. The Bertz CT molecular complexity index is 1880. The number of phenols is 1. The summed E-state index contributed by atoms with van der Waals surface area (Å²) in [5.41, 5.74) is 1.96. The summed E-state index contributed by atoms with van der Waals surface area (Å²) in [5.74, 6) is -1.25. The topological polar surface area (TPSA) is 179 Å². The van der Waals surface area contributed by atoms with Crippen molar-refractivity contribution in [2.75, 3.05) is 40.8 Å². The van der Waals surface area contributed by atoms with E-state index in [1.165, 1.54) is 52.7 Å². The van der Waals surface area contributed by atoms with Crippen molar-refractivity contribution in [3.8, 4) is 28.7 Å². The number of phenolic OH excluding ortho intramolecular Hbond substituents is 1. The molecule has 5 aliphatic rings. The van der Waals surface area contributed by atoms with Crippen LogP contribution in [-0.4, -0.2) is 100 Å². The number of rotatable bonds is 21. The highest BCUT2D eigenvalue weighted by Crippen LogP contribution is 2.57. The van der Waals surface area contributed by atoms with Gasteiger partial charge in [-0.25, -0.2) is 4.79 Å². The van der Waals surface area contributed by atoms with Crippen molar-refractivity contribution in [3.63, 3.8) is 0 Å². The molecular weight excluding hydrogens is 815 g/mol. The van der Waals surface area contributed by atoms with E-state index in [-0.39, 0.29) is 37.3 Å². The Kier molecular flexibility index (Phi) is 16.5. The normalized spacial score (nSPS) is 28.4. The zero-order valence-corrected chi connectivity index (χ0v) is 37.0. The number of hydrogen-bond donors (Lipinski definition) is 3. The number of carbonyl (C=O) groups is 2. The summed E-state index contributed by atoms with van der Waals surface area (Å²) in [6.07, 6.45) is 14.8. The monoisotopic (exact) mass is 879 g/mol. The van der Waals surface area contributed by atoms with Crippen LogP contribution in [-0.2, 0) is 33.2 Å². The number of esters is 1. The average Bonchev–Trinajstić information content (AvgIpc) is 3.91. The number of amides is 1. The fourth-order valence-electron chi connectivity index (χ4n) is 9.32. The summed E-state index contributed by atoms with van der Waals surface area (Å²) in [7, 11) is 2.87. The van der Waals surface area contributed by atoms with Crippen molar-refractivity contribution in [1.82, 2.24) is 5.32 Å². The molecule has 15 heteroatoms. The third-order valence-corrected chi connectivity index (χ3v) is 12.6. The van der Waals surface area contributed by atoms with Gasteiger partial charge in [0.05, 0.1) is 39.5 Å². The average molecular weight is 880 g/mol. The number of aromatic hydroxyl groups is 1. The van der Waals surface area contributed by atoms with Gasteiger partial charge in [-0.05, 0) is 86.4 Å². The molecule has 1 amide bonds. The number of ether oxygens (including phenoxy) is 10. The molecule has 4 heterocycles. The van der Waals surface area contributed by atoms with Crippen molar-refractivity contribution < 1.29 is 67.2 Å². The maximum atomic E-state index is 13.7. The number of fused-ring (bicyclic) bond motifs is 4. The summed E-state index contributed by atoms with van der Waals surface area (Å²) in [5, 5.41) is 25.5. The summed E-state index contributed by atoms with van der Waals surface area (Å²) < 4.78 is 59.1. The van der Waals surface area contributed by atoms with E-state index in [9.17, 15) is 19.8 Å². The molecule has 1 aliphatic carbocycles. The van der Waals surface area contributed by atoms with Crippen LogP contribution in [0.1, 0.15) is 120 Å². The number of unbranched alkanes of at least 4 members (excludes halogenated alkanes) is 9. The highest BCUT2D eigenvalue weighted by molar-refractivity contribution is 5.79. The minimum absolute atomic E-state index is 0.00707. The lowest BCUT2D eigenvalue weighted by Gasteiger charge is -2.48. The quantitative estimate of drug-likeness (QED) is 0.0626. The van der Waals surface area contributed by atoms with Gasteiger partial charge in [-0.2, -0.15) is 0 Å². The van der Waals surface area contributed by atoms with E-state index in [1.54, 1.807) is 19.1 Å². The smallest absolute Gasteiger partial charge is 0.407 e. The maximum Gasteiger partial charge on any atom is 0.407 e. The van der Waals surface area contributed by atoms with Gasteiger partial charge in [-0.3, -0.25) is 4.79 Å². The molecule has 0 radical (unpaired) electrons. The number of aliphatic hydroxyl groups excluding tert-OH is 1. The van der Waals surface area contributed by atoms with Crippen molar-refractivity contribution in [1.29, 1.82) is 0 Å². The van der Waals surface area contributed by atoms with Gasteiger partial charge in [0.25, 0.3) is 0 Å². The lowest BCUT2D eigenvalue weighted by atomic mass is 9.66. The lowest BCUT2D eigenvalue weighted by Crippen LogP contribution is -2.64. The molecule has 0 aromatic heterocycles. The second-order valence-corrected chi connectivity index (χ2v) is 16.9. The molecule has 7 rings (SSSR count). The fourth-order valence-corrected chi connectivity index (χ4v) is 9.32. The number of aliphatic hydroxyl groups is 1. The van der Waals surface area contributed by atoms with E-state index in [1.807, 2.05) is 12.1 Å². The number of hydrogen-bond acceptors (Lipinski definition) is 14. The number of benzene rings is 2. The van der Waals surface area contributed by atoms with Gasteiger partial charge in [-0.15, -0.1) is 0 Å². The van der Waals surface area contributed by atoms with Gasteiger partial charge in [0.1, 0.15) is 18.3 Å². The van der Waals surface area contributed by atoms with Crippen molar-refractivity contribution in [2.45, 2.75) is 140 Å². The zero-order valence-electron chi connectivity index (χ0n) is 37.0. The summed E-state index contributed by atoms with van der Waals surface area (Å²) >= 11 is 0.